The van der Waals surface area contributed by atoms with Gasteiger partial charge in [-0.2, -0.15) is 0 Å². The summed E-state index contributed by atoms with van der Waals surface area (Å²) in [5.41, 5.74) is 0. The van der Waals surface area contributed by atoms with Crippen LogP contribution in [0, 0.1) is 5.92 Å². The maximum Gasteiger partial charge on any atom is 0.0793 e. The lowest BCUT2D eigenvalue weighted by atomic mass is 10.1. The smallest absolute Gasteiger partial charge is 0.0793 e. The Hall–Kier alpha value is -0.160. The molecule has 0 bridgehead atoms. The van der Waals surface area contributed by atoms with Gasteiger partial charge in [-0.3, -0.25) is 9.80 Å². The number of rotatable bonds is 9. The lowest BCUT2D eigenvalue weighted by Gasteiger charge is -2.35. The molecule has 4 heteroatoms. The first-order valence-corrected chi connectivity index (χ1v) is 8.41. The molecule has 1 aliphatic rings. The van der Waals surface area contributed by atoms with Crippen molar-refractivity contribution in [3.8, 4) is 0 Å². The van der Waals surface area contributed by atoms with E-state index in [0.29, 0.717) is 12.0 Å². The molecule has 0 aromatic heterocycles. The van der Waals surface area contributed by atoms with Crippen LogP contribution in [0.3, 0.4) is 0 Å². The molecule has 1 rings (SSSR count). The summed E-state index contributed by atoms with van der Waals surface area (Å²) < 4.78 is 0. The van der Waals surface area contributed by atoms with Gasteiger partial charge in [0.05, 0.1) is 6.10 Å². The highest BCUT2D eigenvalue weighted by Crippen LogP contribution is 2.12. The lowest BCUT2D eigenvalue weighted by Crippen LogP contribution is -2.49. The highest BCUT2D eigenvalue weighted by Gasteiger charge is 2.21. The summed E-state index contributed by atoms with van der Waals surface area (Å²) >= 11 is 0. The normalized spacial score (nSPS) is 19.2. The van der Waals surface area contributed by atoms with Crippen LogP contribution < -0.4 is 5.32 Å². The van der Waals surface area contributed by atoms with Crippen molar-refractivity contribution in [1.29, 1.82) is 0 Å². The molecule has 0 aliphatic carbocycles. The van der Waals surface area contributed by atoms with E-state index in [4.69, 9.17) is 0 Å². The van der Waals surface area contributed by atoms with Crippen molar-refractivity contribution in [3.05, 3.63) is 0 Å². The van der Waals surface area contributed by atoms with E-state index in [1.165, 1.54) is 12.8 Å². The van der Waals surface area contributed by atoms with Crippen LogP contribution in [0.5, 0.6) is 0 Å². The zero-order chi connectivity index (χ0) is 15.0. The van der Waals surface area contributed by atoms with Crippen molar-refractivity contribution in [2.24, 2.45) is 5.92 Å². The van der Waals surface area contributed by atoms with Crippen LogP contribution in [-0.4, -0.2) is 72.9 Å². The molecular formula is C16H35N3O. The van der Waals surface area contributed by atoms with Crippen molar-refractivity contribution in [2.45, 2.75) is 52.7 Å². The predicted molar refractivity (Wildman–Crippen MR) is 86.1 cm³/mol. The van der Waals surface area contributed by atoms with E-state index in [9.17, 15) is 5.11 Å². The fraction of sp³-hybridized carbons (Fsp3) is 1.00. The molecule has 4 nitrogen and oxygen atoms in total. The van der Waals surface area contributed by atoms with Crippen molar-refractivity contribution < 1.29 is 5.11 Å². The second-order valence-corrected chi connectivity index (χ2v) is 6.52. The van der Waals surface area contributed by atoms with E-state index >= 15 is 0 Å². The number of hydrogen-bond donors (Lipinski definition) is 2. The van der Waals surface area contributed by atoms with Crippen molar-refractivity contribution in [1.82, 2.24) is 15.1 Å². The van der Waals surface area contributed by atoms with Gasteiger partial charge < -0.3 is 10.4 Å². The Morgan fingerprint density at radius 1 is 1.10 bits per heavy atom. The molecule has 2 N–H and O–H groups in total. The molecule has 0 amide bonds. The van der Waals surface area contributed by atoms with E-state index < -0.39 is 0 Å². The van der Waals surface area contributed by atoms with Gasteiger partial charge in [0.15, 0.2) is 0 Å². The van der Waals surface area contributed by atoms with Gasteiger partial charge in [0, 0.05) is 51.9 Å². The van der Waals surface area contributed by atoms with E-state index in [1.54, 1.807) is 0 Å². The van der Waals surface area contributed by atoms with Gasteiger partial charge in [-0.05, 0) is 18.8 Å². The molecule has 0 saturated carbocycles. The summed E-state index contributed by atoms with van der Waals surface area (Å²) in [4.78, 5) is 4.87. The molecule has 120 valence electrons. The third-order valence-corrected chi connectivity index (χ3v) is 4.18. The Morgan fingerprint density at radius 2 is 1.70 bits per heavy atom. The number of hydrogen-bond acceptors (Lipinski definition) is 4. The summed E-state index contributed by atoms with van der Waals surface area (Å²) in [5, 5.41) is 13.8. The topological polar surface area (TPSA) is 38.7 Å². The van der Waals surface area contributed by atoms with Gasteiger partial charge in [-0.15, -0.1) is 0 Å². The molecule has 0 radical (unpaired) electrons. The zero-order valence-corrected chi connectivity index (χ0v) is 13.9. The number of β-amino-alcohol motifs (C(OH)–C–C–N with tert-alkyl or cyclic N) is 1. The Labute approximate surface area is 125 Å². The molecule has 1 aliphatic heterocycles. The average Bonchev–Trinajstić information content (AvgIpc) is 2.40. The number of aliphatic hydroxyl groups excluding tert-OH is 1. The van der Waals surface area contributed by atoms with Crippen molar-refractivity contribution >= 4 is 0 Å². The standard InChI is InChI=1S/C16H35N3O/c1-5-15(6-2)19(11-14(3)4)13-16(20)12-18-9-7-17-8-10-18/h14-17,20H,5-13H2,1-4H3. The first-order valence-electron chi connectivity index (χ1n) is 8.41. The van der Waals surface area contributed by atoms with Crippen LogP contribution in [0.4, 0.5) is 0 Å². The Balaban J connectivity index is 2.45. The largest absolute Gasteiger partial charge is 0.390 e. The Morgan fingerprint density at radius 3 is 2.20 bits per heavy atom. The minimum Gasteiger partial charge on any atom is -0.390 e. The second-order valence-electron chi connectivity index (χ2n) is 6.52. The monoisotopic (exact) mass is 285 g/mol. The second kappa shape index (κ2) is 9.72. The molecule has 1 heterocycles. The Kier molecular flexibility index (Phi) is 8.69. The quantitative estimate of drug-likeness (QED) is 0.672. The summed E-state index contributed by atoms with van der Waals surface area (Å²) in [7, 11) is 0. The van der Waals surface area contributed by atoms with Crippen molar-refractivity contribution in [2.75, 3.05) is 45.8 Å². The first-order chi connectivity index (χ1) is 9.56. The molecule has 20 heavy (non-hydrogen) atoms. The lowest BCUT2D eigenvalue weighted by molar-refractivity contribution is 0.0469. The molecule has 1 fully saturated rings. The average molecular weight is 285 g/mol. The van der Waals surface area contributed by atoms with Crippen molar-refractivity contribution in [3.63, 3.8) is 0 Å². The predicted octanol–water partition coefficient (Wildman–Crippen LogP) is 1.40. The maximum absolute atomic E-state index is 10.4. The van der Waals surface area contributed by atoms with Crippen LogP contribution in [-0.2, 0) is 0 Å². The number of nitrogens with one attached hydrogen (secondary N) is 1. The maximum atomic E-state index is 10.4. The molecule has 1 unspecified atom stereocenters. The van der Waals surface area contributed by atoms with Crippen LogP contribution in [0.2, 0.25) is 0 Å². The van der Waals surface area contributed by atoms with Gasteiger partial charge in [0.1, 0.15) is 0 Å². The molecule has 0 aromatic rings. The van der Waals surface area contributed by atoms with Gasteiger partial charge >= 0.3 is 0 Å². The summed E-state index contributed by atoms with van der Waals surface area (Å²) in [5.74, 6) is 0.655. The van der Waals surface area contributed by atoms with Crippen LogP contribution in [0.25, 0.3) is 0 Å². The fourth-order valence-electron chi connectivity index (χ4n) is 3.17. The molecular weight excluding hydrogens is 250 g/mol. The van der Waals surface area contributed by atoms with Gasteiger partial charge in [0.25, 0.3) is 0 Å². The summed E-state index contributed by atoms with van der Waals surface area (Å²) in [6.45, 7) is 16.0. The fourth-order valence-corrected chi connectivity index (χ4v) is 3.17. The molecule has 0 spiro atoms. The van der Waals surface area contributed by atoms with E-state index in [1.807, 2.05) is 0 Å². The van der Waals surface area contributed by atoms with Gasteiger partial charge in [0.2, 0.25) is 0 Å². The van der Waals surface area contributed by atoms with E-state index in [-0.39, 0.29) is 6.10 Å². The Bertz CT molecular complexity index is 238. The van der Waals surface area contributed by atoms with Gasteiger partial charge in [-0.25, -0.2) is 0 Å². The number of piperazine rings is 1. The summed E-state index contributed by atoms with van der Waals surface area (Å²) in [6.07, 6.45) is 2.11. The third kappa shape index (κ3) is 6.53. The highest BCUT2D eigenvalue weighted by atomic mass is 16.3. The minimum atomic E-state index is -0.229. The van der Waals surface area contributed by atoms with E-state index in [2.05, 4.69) is 42.8 Å². The molecule has 1 atom stereocenters. The number of nitrogens with zero attached hydrogens (tertiary/aromatic N) is 2. The number of aliphatic hydroxyl groups is 1. The zero-order valence-electron chi connectivity index (χ0n) is 13.9. The van der Waals surface area contributed by atoms with Crippen LogP contribution in [0.1, 0.15) is 40.5 Å². The SMILES string of the molecule is CCC(CC)N(CC(C)C)CC(O)CN1CCNCC1. The molecule has 0 aromatic carbocycles. The summed E-state index contributed by atoms with van der Waals surface area (Å²) in [6, 6.07) is 0.607. The highest BCUT2D eigenvalue weighted by molar-refractivity contribution is 4.77. The first kappa shape index (κ1) is 17.9. The molecule has 1 saturated heterocycles. The third-order valence-electron chi connectivity index (χ3n) is 4.18. The van der Waals surface area contributed by atoms with Crippen LogP contribution >= 0.6 is 0 Å². The minimum absolute atomic E-state index is 0.229. The van der Waals surface area contributed by atoms with E-state index in [0.717, 1.165) is 45.8 Å². The van der Waals surface area contributed by atoms with Gasteiger partial charge in [-0.1, -0.05) is 27.7 Å². The van der Waals surface area contributed by atoms with Crippen LogP contribution in [0.15, 0.2) is 0 Å².